The lowest BCUT2D eigenvalue weighted by molar-refractivity contribution is -0.137. The molecule has 0 aliphatic rings. The average Bonchev–Trinajstić information content (AvgIpc) is 2.87. The van der Waals surface area contributed by atoms with E-state index in [0.29, 0.717) is 30.6 Å². The lowest BCUT2D eigenvalue weighted by Gasteiger charge is -2.06. The first-order valence-electron chi connectivity index (χ1n) is 6.86. The smallest absolute Gasteiger partial charge is 0.303 e. The predicted octanol–water partition coefficient (Wildman–Crippen LogP) is 2.79. The van der Waals surface area contributed by atoms with Crippen molar-refractivity contribution in [1.29, 1.82) is 0 Å². The van der Waals surface area contributed by atoms with E-state index in [0.717, 1.165) is 5.56 Å². The van der Waals surface area contributed by atoms with E-state index in [9.17, 15) is 4.79 Å². The minimum Gasteiger partial charge on any atom is -0.493 e. The van der Waals surface area contributed by atoms with Crippen molar-refractivity contribution in [3.8, 4) is 17.2 Å². The van der Waals surface area contributed by atoms with Crippen LogP contribution in [0.2, 0.25) is 0 Å². The minimum atomic E-state index is -0.830. The van der Waals surface area contributed by atoms with Gasteiger partial charge in [-0.05, 0) is 25.0 Å². The van der Waals surface area contributed by atoms with Gasteiger partial charge in [0.2, 0.25) is 5.89 Å². The fraction of sp³-hybridized carbons (Fsp3) is 0.400. The molecular weight excluding hydrogens is 272 g/mol. The molecule has 0 spiro atoms. The van der Waals surface area contributed by atoms with Gasteiger partial charge in [0.1, 0.15) is 5.75 Å². The Kier molecular flexibility index (Phi) is 4.92. The fourth-order valence-electron chi connectivity index (χ4n) is 2.04. The van der Waals surface area contributed by atoms with Crippen LogP contribution in [0.25, 0.3) is 11.5 Å². The molecule has 6 nitrogen and oxygen atoms in total. The van der Waals surface area contributed by atoms with E-state index in [1.807, 2.05) is 38.1 Å². The Morgan fingerprint density at radius 3 is 2.86 bits per heavy atom. The Morgan fingerprint density at radius 1 is 1.38 bits per heavy atom. The maximum atomic E-state index is 10.7. The number of aliphatic carboxylic acids is 1. The minimum absolute atomic E-state index is 0.0575. The fourth-order valence-corrected chi connectivity index (χ4v) is 2.04. The van der Waals surface area contributed by atoms with Gasteiger partial charge in [0.15, 0.2) is 0 Å². The maximum Gasteiger partial charge on any atom is 0.303 e. The number of ether oxygens (including phenoxy) is 1. The second kappa shape index (κ2) is 6.88. The van der Waals surface area contributed by atoms with Crippen LogP contribution in [-0.2, 0) is 11.2 Å². The van der Waals surface area contributed by atoms with Crippen LogP contribution in [0.5, 0.6) is 5.75 Å². The number of aromatic nitrogens is 2. The van der Waals surface area contributed by atoms with Gasteiger partial charge in [0, 0.05) is 12.8 Å². The SMILES string of the molecule is CCOc1ccccc1-c1nnc(CC(C)CC(=O)O)o1. The molecular formula is C15H18N2O4. The second-order valence-electron chi connectivity index (χ2n) is 4.84. The van der Waals surface area contributed by atoms with Crippen molar-refractivity contribution >= 4 is 5.97 Å². The molecule has 2 rings (SSSR count). The summed E-state index contributed by atoms with van der Waals surface area (Å²) in [6.07, 6.45) is 0.517. The summed E-state index contributed by atoms with van der Waals surface area (Å²) in [5, 5.41) is 16.8. The zero-order chi connectivity index (χ0) is 15.2. The first-order chi connectivity index (χ1) is 10.1. The van der Waals surface area contributed by atoms with Gasteiger partial charge in [-0.15, -0.1) is 10.2 Å². The van der Waals surface area contributed by atoms with E-state index in [4.69, 9.17) is 14.3 Å². The molecule has 0 saturated carbocycles. The number of hydrogen-bond acceptors (Lipinski definition) is 5. The molecule has 0 aliphatic heterocycles. The number of carbonyl (C=O) groups is 1. The molecule has 1 aromatic carbocycles. The van der Waals surface area contributed by atoms with Gasteiger partial charge >= 0.3 is 5.97 Å². The lowest BCUT2D eigenvalue weighted by Crippen LogP contribution is -2.07. The molecule has 21 heavy (non-hydrogen) atoms. The second-order valence-corrected chi connectivity index (χ2v) is 4.84. The Balaban J connectivity index is 2.14. The van der Waals surface area contributed by atoms with Crippen molar-refractivity contribution in [3.63, 3.8) is 0 Å². The maximum absolute atomic E-state index is 10.7. The molecule has 1 unspecified atom stereocenters. The molecule has 0 fully saturated rings. The third kappa shape index (κ3) is 4.05. The summed E-state index contributed by atoms with van der Waals surface area (Å²) in [6.45, 7) is 4.30. The van der Waals surface area contributed by atoms with Gasteiger partial charge in [0.05, 0.1) is 12.2 Å². The molecule has 1 heterocycles. The van der Waals surface area contributed by atoms with Gasteiger partial charge in [0.25, 0.3) is 5.89 Å². The zero-order valence-electron chi connectivity index (χ0n) is 12.1. The highest BCUT2D eigenvalue weighted by Gasteiger charge is 2.16. The van der Waals surface area contributed by atoms with E-state index < -0.39 is 5.97 Å². The molecule has 0 saturated heterocycles. The Hall–Kier alpha value is -2.37. The Morgan fingerprint density at radius 2 is 2.14 bits per heavy atom. The van der Waals surface area contributed by atoms with Crippen LogP contribution in [0.3, 0.4) is 0 Å². The van der Waals surface area contributed by atoms with Gasteiger partial charge in [-0.1, -0.05) is 19.1 Å². The summed E-state index contributed by atoms with van der Waals surface area (Å²) in [5.74, 6) is 0.622. The summed E-state index contributed by atoms with van der Waals surface area (Å²) in [5.41, 5.74) is 0.740. The molecule has 1 atom stereocenters. The summed E-state index contributed by atoms with van der Waals surface area (Å²) in [6, 6.07) is 7.44. The first-order valence-corrected chi connectivity index (χ1v) is 6.86. The molecule has 1 N–H and O–H groups in total. The van der Waals surface area contributed by atoms with Gasteiger partial charge in [-0.3, -0.25) is 4.79 Å². The first kappa shape index (κ1) is 15.0. The summed E-state index contributed by atoms with van der Waals surface area (Å²) >= 11 is 0. The summed E-state index contributed by atoms with van der Waals surface area (Å²) in [4.78, 5) is 10.7. The molecule has 112 valence electrons. The van der Waals surface area contributed by atoms with Gasteiger partial charge in [-0.2, -0.15) is 0 Å². The monoisotopic (exact) mass is 290 g/mol. The van der Waals surface area contributed by atoms with E-state index in [2.05, 4.69) is 10.2 Å². The lowest BCUT2D eigenvalue weighted by atomic mass is 10.0. The average molecular weight is 290 g/mol. The third-order valence-corrected chi connectivity index (χ3v) is 2.93. The highest BCUT2D eigenvalue weighted by Crippen LogP contribution is 2.29. The van der Waals surface area contributed by atoms with Crippen LogP contribution in [-0.4, -0.2) is 27.9 Å². The van der Waals surface area contributed by atoms with Gasteiger partial charge < -0.3 is 14.3 Å². The predicted molar refractivity (Wildman–Crippen MR) is 76.0 cm³/mol. The molecule has 0 aliphatic carbocycles. The van der Waals surface area contributed by atoms with Gasteiger partial charge in [-0.25, -0.2) is 0 Å². The van der Waals surface area contributed by atoms with Crippen molar-refractivity contribution in [2.24, 2.45) is 5.92 Å². The number of carboxylic acids is 1. The Bertz CT molecular complexity index is 609. The number of rotatable bonds is 7. The molecule has 0 amide bonds. The topological polar surface area (TPSA) is 85.5 Å². The standard InChI is InChI=1S/C15H18N2O4/c1-3-20-12-7-5-4-6-11(12)15-17-16-13(21-15)8-10(2)9-14(18)19/h4-7,10H,3,8-9H2,1-2H3,(H,18,19). The van der Waals surface area contributed by atoms with Crippen molar-refractivity contribution in [2.75, 3.05) is 6.61 Å². The molecule has 0 radical (unpaired) electrons. The highest BCUT2D eigenvalue weighted by atomic mass is 16.5. The van der Waals surface area contributed by atoms with E-state index in [1.165, 1.54) is 0 Å². The molecule has 6 heteroatoms. The van der Waals surface area contributed by atoms with Crippen molar-refractivity contribution in [2.45, 2.75) is 26.7 Å². The van der Waals surface area contributed by atoms with Crippen molar-refractivity contribution in [3.05, 3.63) is 30.2 Å². The van der Waals surface area contributed by atoms with E-state index >= 15 is 0 Å². The van der Waals surface area contributed by atoms with Crippen LogP contribution in [0.15, 0.2) is 28.7 Å². The normalized spacial score (nSPS) is 12.1. The quantitative estimate of drug-likeness (QED) is 0.844. The zero-order valence-corrected chi connectivity index (χ0v) is 12.1. The van der Waals surface area contributed by atoms with Crippen molar-refractivity contribution in [1.82, 2.24) is 10.2 Å². The van der Waals surface area contributed by atoms with E-state index in [1.54, 1.807) is 0 Å². The van der Waals surface area contributed by atoms with Crippen LogP contribution >= 0.6 is 0 Å². The number of nitrogens with zero attached hydrogens (tertiary/aromatic N) is 2. The molecule has 0 bridgehead atoms. The van der Waals surface area contributed by atoms with Crippen LogP contribution < -0.4 is 4.74 Å². The number of para-hydroxylation sites is 1. The third-order valence-electron chi connectivity index (χ3n) is 2.93. The molecule has 2 aromatic rings. The highest BCUT2D eigenvalue weighted by molar-refractivity contribution is 5.67. The van der Waals surface area contributed by atoms with Crippen LogP contribution in [0.1, 0.15) is 26.2 Å². The van der Waals surface area contributed by atoms with Crippen LogP contribution in [0, 0.1) is 5.92 Å². The van der Waals surface area contributed by atoms with E-state index in [-0.39, 0.29) is 12.3 Å². The largest absolute Gasteiger partial charge is 0.493 e. The number of carboxylic acid groups (broad SMARTS) is 1. The summed E-state index contributed by atoms with van der Waals surface area (Å²) < 4.78 is 11.1. The molecule has 1 aromatic heterocycles. The van der Waals surface area contributed by atoms with Crippen LogP contribution in [0.4, 0.5) is 0 Å². The van der Waals surface area contributed by atoms with Crippen molar-refractivity contribution < 1.29 is 19.1 Å². The summed E-state index contributed by atoms with van der Waals surface area (Å²) in [7, 11) is 0. The Labute approximate surface area is 122 Å². The number of hydrogen-bond donors (Lipinski definition) is 1. The number of benzene rings is 1.